The van der Waals surface area contributed by atoms with Gasteiger partial charge >= 0.3 is 0 Å². The highest BCUT2D eigenvalue weighted by atomic mass is 35.5. The van der Waals surface area contributed by atoms with Gasteiger partial charge in [0.1, 0.15) is 5.75 Å². The first kappa shape index (κ1) is 25.1. The third-order valence-corrected chi connectivity index (χ3v) is 4.64. The lowest BCUT2D eigenvalue weighted by Crippen LogP contribution is -2.45. The molecule has 0 atom stereocenters. The molecule has 0 bridgehead atoms. The molecule has 6 nitrogen and oxygen atoms in total. The highest BCUT2D eigenvalue weighted by molar-refractivity contribution is 6.33. The Morgan fingerprint density at radius 2 is 1.96 bits per heavy atom. The number of amides is 1. The van der Waals surface area contributed by atoms with Gasteiger partial charge in [-0.15, -0.1) is 24.8 Å². The van der Waals surface area contributed by atoms with E-state index in [1.54, 1.807) is 19.2 Å². The summed E-state index contributed by atoms with van der Waals surface area (Å²) < 4.78 is 10.3. The van der Waals surface area contributed by atoms with Crippen LogP contribution in [0.5, 0.6) is 5.75 Å². The minimum Gasteiger partial charge on any atom is -0.496 e. The topological polar surface area (TPSA) is 76.8 Å². The second-order valence-electron chi connectivity index (χ2n) is 6.01. The SMILES string of the molecule is COCCCN1CCC(NC(=O)c2cc(Cl)c(N)cc2OC)CC1.Cl.Cl. The van der Waals surface area contributed by atoms with E-state index in [0.717, 1.165) is 45.5 Å². The third kappa shape index (κ3) is 7.00. The first-order chi connectivity index (χ1) is 11.5. The van der Waals surface area contributed by atoms with Crippen LogP contribution in [-0.2, 0) is 4.74 Å². The van der Waals surface area contributed by atoms with Crippen molar-refractivity contribution in [1.29, 1.82) is 0 Å². The number of anilines is 1. The van der Waals surface area contributed by atoms with Gasteiger partial charge in [-0.2, -0.15) is 0 Å². The molecule has 1 aromatic rings. The van der Waals surface area contributed by atoms with E-state index < -0.39 is 0 Å². The average Bonchev–Trinajstić information content (AvgIpc) is 2.58. The summed E-state index contributed by atoms with van der Waals surface area (Å²) in [5, 5.41) is 3.43. The number of carbonyl (C=O) groups is 1. The van der Waals surface area contributed by atoms with Crippen LogP contribution in [0.1, 0.15) is 29.6 Å². The number of nitrogens with two attached hydrogens (primary N) is 1. The van der Waals surface area contributed by atoms with Gasteiger partial charge < -0.3 is 25.4 Å². The second-order valence-corrected chi connectivity index (χ2v) is 6.42. The number of nitrogens with one attached hydrogen (secondary N) is 1. The summed E-state index contributed by atoms with van der Waals surface area (Å²) in [6.07, 6.45) is 2.90. The molecule has 3 N–H and O–H groups in total. The van der Waals surface area contributed by atoms with Crippen LogP contribution in [0.3, 0.4) is 0 Å². The summed E-state index contributed by atoms with van der Waals surface area (Å²) >= 11 is 6.03. The molecular formula is C17H28Cl3N3O3. The molecular weight excluding hydrogens is 401 g/mol. The number of halogens is 3. The fourth-order valence-corrected chi connectivity index (χ4v) is 3.08. The number of methoxy groups -OCH3 is 2. The van der Waals surface area contributed by atoms with Crippen LogP contribution in [0.2, 0.25) is 5.02 Å². The molecule has 1 aliphatic heterocycles. The van der Waals surface area contributed by atoms with E-state index in [2.05, 4.69) is 10.2 Å². The van der Waals surface area contributed by atoms with Crippen molar-refractivity contribution in [3.05, 3.63) is 22.7 Å². The Kier molecular flexibility index (Phi) is 12.0. The van der Waals surface area contributed by atoms with Gasteiger partial charge in [0.2, 0.25) is 0 Å². The van der Waals surface area contributed by atoms with Gasteiger partial charge in [0.25, 0.3) is 5.91 Å². The number of piperidine rings is 1. The van der Waals surface area contributed by atoms with E-state index in [-0.39, 0.29) is 36.8 Å². The highest BCUT2D eigenvalue weighted by Gasteiger charge is 2.22. The van der Waals surface area contributed by atoms with Crippen LogP contribution in [0.25, 0.3) is 0 Å². The fraction of sp³-hybridized carbons (Fsp3) is 0.588. The first-order valence-electron chi connectivity index (χ1n) is 8.20. The van der Waals surface area contributed by atoms with Gasteiger partial charge in [-0.3, -0.25) is 4.79 Å². The molecule has 9 heteroatoms. The minimum absolute atomic E-state index is 0. The molecule has 1 saturated heterocycles. The number of carbonyl (C=O) groups excluding carboxylic acids is 1. The van der Waals surface area contributed by atoms with Crippen molar-refractivity contribution in [2.24, 2.45) is 0 Å². The number of hydrogen-bond donors (Lipinski definition) is 2. The summed E-state index contributed by atoms with van der Waals surface area (Å²) in [6.45, 7) is 3.78. The fourth-order valence-electron chi connectivity index (χ4n) is 2.91. The number of nitrogens with zero attached hydrogens (tertiary/aromatic N) is 1. The van der Waals surface area contributed by atoms with Crippen molar-refractivity contribution < 1.29 is 14.3 Å². The summed E-state index contributed by atoms with van der Waals surface area (Å²) in [5.41, 5.74) is 6.57. The number of rotatable bonds is 7. The molecule has 1 heterocycles. The Hall–Kier alpha value is -0.920. The number of likely N-dealkylation sites (tertiary alicyclic amines) is 1. The zero-order valence-corrected chi connectivity index (χ0v) is 17.5. The van der Waals surface area contributed by atoms with Crippen LogP contribution in [0.4, 0.5) is 5.69 Å². The number of hydrogen-bond acceptors (Lipinski definition) is 5. The summed E-state index contributed by atoms with van der Waals surface area (Å²) in [4.78, 5) is 14.9. The van der Waals surface area contributed by atoms with E-state index in [1.807, 2.05) is 0 Å². The average molecular weight is 429 g/mol. The molecule has 2 rings (SSSR count). The Morgan fingerprint density at radius 3 is 2.54 bits per heavy atom. The van der Waals surface area contributed by atoms with E-state index in [4.69, 9.17) is 26.8 Å². The Bertz CT molecular complexity index is 568. The molecule has 150 valence electrons. The lowest BCUT2D eigenvalue weighted by molar-refractivity contribution is 0.0904. The highest BCUT2D eigenvalue weighted by Crippen LogP contribution is 2.29. The zero-order valence-electron chi connectivity index (χ0n) is 15.1. The van der Waals surface area contributed by atoms with Crippen molar-refractivity contribution in [3.63, 3.8) is 0 Å². The van der Waals surface area contributed by atoms with Crippen molar-refractivity contribution >= 4 is 48.0 Å². The molecule has 1 aliphatic rings. The van der Waals surface area contributed by atoms with E-state index in [0.29, 0.717) is 22.0 Å². The van der Waals surface area contributed by atoms with Gasteiger partial charge in [0.15, 0.2) is 0 Å². The molecule has 26 heavy (non-hydrogen) atoms. The molecule has 1 amide bonds. The second kappa shape index (κ2) is 12.5. The maximum absolute atomic E-state index is 12.5. The monoisotopic (exact) mass is 427 g/mol. The Morgan fingerprint density at radius 1 is 1.31 bits per heavy atom. The van der Waals surface area contributed by atoms with Gasteiger partial charge in [-0.05, 0) is 25.3 Å². The lowest BCUT2D eigenvalue weighted by Gasteiger charge is -2.32. The number of ether oxygens (including phenoxy) is 2. The van der Waals surface area contributed by atoms with Crippen molar-refractivity contribution in [2.45, 2.75) is 25.3 Å². The summed E-state index contributed by atoms with van der Waals surface area (Å²) in [7, 11) is 3.23. The predicted molar refractivity (Wildman–Crippen MR) is 110 cm³/mol. The minimum atomic E-state index is -0.174. The lowest BCUT2D eigenvalue weighted by atomic mass is 10.0. The normalized spacial score (nSPS) is 14.9. The van der Waals surface area contributed by atoms with Gasteiger partial charge in [0, 0.05) is 45.5 Å². The summed E-state index contributed by atoms with van der Waals surface area (Å²) in [6, 6.07) is 3.30. The molecule has 0 saturated carbocycles. The van der Waals surface area contributed by atoms with Crippen LogP contribution in [0, 0.1) is 0 Å². The first-order valence-corrected chi connectivity index (χ1v) is 8.58. The van der Waals surface area contributed by atoms with E-state index in [9.17, 15) is 4.79 Å². The molecule has 1 fully saturated rings. The standard InChI is InChI=1S/C17H26ClN3O3.2ClH/c1-23-9-3-6-21-7-4-12(5-8-21)20-17(22)13-10-14(18)15(19)11-16(13)24-2;;/h10-12H,3-9,19H2,1-2H3,(H,20,22);2*1H. The van der Waals surface area contributed by atoms with E-state index >= 15 is 0 Å². The van der Waals surface area contributed by atoms with Gasteiger partial charge in [0.05, 0.1) is 23.4 Å². The maximum atomic E-state index is 12.5. The predicted octanol–water partition coefficient (Wildman–Crippen LogP) is 3.01. The quantitative estimate of drug-likeness (QED) is 0.516. The largest absolute Gasteiger partial charge is 0.496 e. The van der Waals surface area contributed by atoms with Crippen LogP contribution < -0.4 is 15.8 Å². The molecule has 0 unspecified atom stereocenters. The Balaban J connectivity index is 0.00000312. The molecule has 0 aromatic heterocycles. The number of benzene rings is 1. The molecule has 0 spiro atoms. The maximum Gasteiger partial charge on any atom is 0.255 e. The van der Waals surface area contributed by atoms with Crippen LogP contribution in [-0.4, -0.2) is 57.3 Å². The van der Waals surface area contributed by atoms with E-state index in [1.165, 1.54) is 7.11 Å². The van der Waals surface area contributed by atoms with Gasteiger partial charge in [-0.1, -0.05) is 11.6 Å². The third-order valence-electron chi connectivity index (χ3n) is 4.31. The van der Waals surface area contributed by atoms with Crippen LogP contribution >= 0.6 is 36.4 Å². The van der Waals surface area contributed by atoms with Crippen molar-refractivity contribution in [3.8, 4) is 5.75 Å². The zero-order chi connectivity index (χ0) is 17.5. The van der Waals surface area contributed by atoms with Crippen molar-refractivity contribution in [1.82, 2.24) is 10.2 Å². The Labute approximate surface area is 172 Å². The number of nitrogen functional groups attached to an aromatic ring is 1. The van der Waals surface area contributed by atoms with Crippen LogP contribution in [0.15, 0.2) is 12.1 Å². The molecule has 1 aromatic carbocycles. The van der Waals surface area contributed by atoms with Crippen molar-refractivity contribution in [2.75, 3.05) is 46.2 Å². The molecule has 0 aliphatic carbocycles. The molecule has 0 radical (unpaired) electrons. The summed E-state index contributed by atoms with van der Waals surface area (Å²) in [5.74, 6) is 0.262. The smallest absolute Gasteiger partial charge is 0.255 e. The van der Waals surface area contributed by atoms with Gasteiger partial charge in [-0.25, -0.2) is 0 Å².